The molecule has 1 aliphatic heterocycles. The normalized spacial score (nSPS) is 14.5. The predicted molar refractivity (Wildman–Crippen MR) is 113 cm³/mol. The molecule has 6 heteroatoms. The zero-order chi connectivity index (χ0) is 20.8. The number of piperidine rings is 1. The summed E-state index contributed by atoms with van der Waals surface area (Å²) < 4.78 is 13.0. The Balaban J connectivity index is 1.37. The number of rotatable bonds is 5. The van der Waals surface area contributed by atoms with Crippen LogP contribution in [0.4, 0.5) is 14.9 Å². The predicted octanol–water partition coefficient (Wildman–Crippen LogP) is 4.51. The van der Waals surface area contributed by atoms with Crippen LogP contribution in [0.25, 0.3) is 0 Å². The lowest BCUT2D eigenvalue weighted by atomic mass is 9.93. The van der Waals surface area contributed by atoms with Crippen molar-refractivity contribution >= 4 is 17.6 Å². The molecule has 3 rings (SSSR count). The van der Waals surface area contributed by atoms with Gasteiger partial charge in [0.1, 0.15) is 5.82 Å². The third-order valence-electron chi connectivity index (χ3n) is 5.60. The van der Waals surface area contributed by atoms with Crippen molar-refractivity contribution in [3.63, 3.8) is 0 Å². The zero-order valence-electron chi connectivity index (χ0n) is 17.0. The van der Waals surface area contributed by atoms with E-state index in [1.165, 1.54) is 29.8 Å². The molecule has 1 aliphatic rings. The van der Waals surface area contributed by atoms with Crippen molar-refractivity contribution in [1.29, 1.82) is 0 Å². The number of aryl methyl sites for hydroxylation is 2. The van der Waals surface area contributed by atoms with E-state index < -0.39 is 0 Å². The molecule has 0 spiro atoms. The van der Waals surface area contributed by atoms with E-state index in [1.807, 2.05) is 36.9 Å². The molecule has 1 heterocycles. The van der Waals surface area contributed by atoms with Gasteiger partial charge >= 0.3 is 6.03 Å². The van der Waals surface area contributed by atoms with Crippen LogP contribution in [0.5, 0.6) is 0 Å². The lowest BCUT2D eigenvalue weighted by Gasteiger charge is -2.32. The maximum Gasteiger partial charge on any atom is 0.319 e. The van der Waals surface area contributed by atoms with Crippen LogP contribution < -0.4 is 10.6 Å². The standard InChI is InChI=1S/C23H28FN3O2/c1-16-3-8-21(15-17(16)2)26-23(29)25-12-9-18-10-13-27(14-11-18)22(28)19-4-6-20(24)7-5-19/h3-8,15,18H,9-14H2,1-2H3,(H2,25,26,29). The summed E-state index contributed by atoms with van der Waals surface area (Å²) in [6, 6.07) is 11.3. The zero-order valence-corrected chi connectivity index (χ0v) is 17.0. The first-order valence-corrected chi connectivity index (χ1v) is 10.1. The number of urea groups is 1. The van der Waals surface area contributed by atoms with Crippen molar-refractivity contribution in [2.75, 3.05) is 25.0 Å². The topological polar surface area (TPSA) is 61.4 Å². The molecule has 0 aliphatic carbocycles. The van der Waals surface area contributed by atoms with Gasteiger partial charge in [0.15, 0.2) is 0 Å². The van der Waals surface area contributed by atoms with Crippen LogP contribution in [-0.2, 0) is 0 Å². The first-order valence-electron chi connectivity index (χ1n) is 10.1. The van der Waals surface area contributed by atoms with E-state index in [9.17, 15) is 14.0 Å². The molecule has 5 nitrogen and oxygen atoms in total. The van der Waals surface area contributed by atoms with Crippen LogP contribution in [0.15, 0.2) is 42.5 Å². The molecule has 0 atom stereocenters. The number of carbonyl (C=O) groups is 2. The molecular weight excluding hydrogens is 369 g/mol. The molecule has 0 saturated carbocycles. The summed E-state index contributed by atoms with van der Waals surface area (Å²) in [5.74, 6) is 0.0952. The summed E-state index contributed by atoms with van der Waals surface area (Å²) in [6.07, 6.45) is 2.71. The second kappa shape index (κ2) is 9.54. The SMILES string of the molecule is Cc1ccc(NC(=O)NCCC2CCN(C(=O)c3ccc(F)cc3)CC2)cc1C. The van der Waals surface area contributed by atoms with Gasteiger partial charge in [-0.15, -0.1) is 0 Å². The van der Waals surface area contributed by atoms with Gasteiger partial charge in [0.25, 0.3) is 5.91 Å². The first kappa shape index (κ1) is 20.8. The third-order valence-corrected chi connectivity index (χ3v) is 5.60. The lowest BCUT2D eigenvalue weighted by molar-refractivity contribution is 0.0687. The van der Waals surface area contributed by atoms with E-state index >= 15 is 0 Å². The van der Waals surface area contributed by atoms with Crippen LogP contribution in [-0.4, -0.2) is 36.5 Å². The molecule has 0 unspecified atom stereocenters. The average Bonchev–Trinajstić information content (AvgIpc) is 2.71. The highest BCUT2D eigenvalue weighted by molar-refractivity contribution is 5.94. The monoisotopic (exact) mass is 397 g/mol. The Morgan fingerprint density at radius 2 is 1.72 bits per heavy atom. The number of hydrogen-bond acceptors (Lipinski definition) is 2. The molecule has 29 heavy (non-hydrogen) atoms. The highest BCUT2D eigenvalue weighted by Gasteiger charge is 2.23. The number of nitrogens with zero attached hydrogens (tertiary/aromatic N) is 1. The van der Waals surface area contributed by atoms with Gasteiger partial charge in [0.2, 0.25) is 0 Å². The molecule has 1 saturated heterocycles. The minimum atomic E-state index is -0.339. The Hall–Kier alpha value is -2.89. The largest absolute Gasteiger partial charge is 0.339 e. The average molecular weight is 397 g/mol. The van der Waals surface area contributed by atoms with Gasteiger partial charge < -0.3 is 15.5 Å². The van der Waals surface area contributed by atoms with E-state index in [2.05, 4.69) is 10.6 Å². The number of benzene rings is 2. The molecule has 2 aromatic rings. The summed E-state index contributed by atoms with van der Waals surface area (Å²) in [5, 5.41) is 5.77. The summed E-state index contributed by atoms with van der Waals surface area (Å²) >= 11 is 0. The van der Waals surface area contributed by atoms with Gasteiger partial charge in [-0.3, -0.25) is 4.79 Å². The highest BCUT2D eigenvalue weighted by Crippen LogP contribution is 2.21. The van der Waals surface area contributed by atoms with Crippen LogP contribution in [0.2, 0.25) is 0 Å². The van der Waals surface area contributed by atoms with Crippen molar-refractivity contribution in [3.05, 3.63) is 65.0 Å². The second-order valence-electron chi connectivity index (χ2n) is 7.71. The fraction of sp³-hybridized carbons (Fsp3) is 0.391. The minimum Gasteiger partial charge on any atom is -0.339 e. The molecule has 154 valence electrons. The Bertz CT molecular complexity index is 859. The molecule has 0 radical (unpaired) electrons. The van der Waals surface area contributed by atoms with Gasteiger partial charge in [-0.05, 0) is 86.6 Å². The van der Waals surface area contributed by atoms with Crippen molar-refractivity contribution in [2.24, 2.45) is 5.92 Å². The van der Waals surface area contributed by atoms with Crippen molar-refractivity contribution in [3.8, 4) is 0 Å². The van der Waals surface area contributed by atoms with Crippen molar-refractivity contribution < 1.29 is 14.0 Å². The fourth-order valence-corrected chi connectivity index (χ4v) is 3.58. The third kappa shape index (κ3) is 5.79. The van der Waals surface area contributed by atoms with Gasteiger partial charge in [-0.1, -0.05) is 6.07 Å². The van der Waals surface area contributed by atoms with Crippen LogP contribution in [0.3, 0.4) is 0 Å². The number of hydrogen-bond donors (Lipinski definition) is 2. The van der Waals surface area contributed by atoms with Crippen LogP contribution in [0, 0.1) is 25.6 Å². The summed E-state index contributed by atoms with van der Waals surface area (Å²) in [7, 11) is 0. The molecule has 1 fully saturated rings. The van der Waals surface area contributed by atoms with E-state index in [4.69, 9.17) is 0 Å². The van der Waals surface area contributed by atoms with E-state index in [-0.39, 0.29) is 17.8 Å². The van der Waals surface area contributed by atoms with E-state index in [1.54, 1.807) is 0 Å². The Labute approximate surface area is 171 Å². The number of nitrogens with one attached hydrogen (secondary N) is 2. The molecule has 3 amide bonds. The Morgan fingerprint density at radius 3 is 2.38 bits per heavy atom. The number of amides is 3. The van der Waals surface area contributed by atoms with Gasteiger partial charge in [0.05, 0.1) is 0 Å². The molecule has 0 aromatic heterocycles. The summed E-state index contributed by atoms with van der Waals surface area (Å²) in [5.41, 5.74) is 3.65. The van der Waals surface area contributed by atoms with E-state index in [0.717, 1.165) is 30.5 Å². The number of anilines is 1. The fourth-order valence-electron chi connectivity index (χ4n) is 3.58. The van der Waals surface area contributed by atoms with Crippen molar-refractivity contribution in [2.45, 2.75) is 33.1 Å². The van der Waals surface area contributed by atoms with Gasteiger partial charge in [0, 0.05) is 30.9 Å². The minimum absolute atomic E-state index is 0.0469. The summed E-state index contributed by atoms with van der Waals surface area (Å²) in [4.78, 5) is 26.4. The Kier molecular flexibility index (Phi) is 6.86. The maximum absolute atomic E-state index is 13.0. The van der Waals surface area contributed by atoms with Crippen molar-refractivity contribution in [1.82, 2.24) is 10.2 Å². The number of carbonyl (C=O) groups excluding carboxylic acids is 2. The Morgan fingerprint density at radius 1 is 1.03 bits per heavy atom. The first-order chi connectivity index (χ1) is 13.9. The second-order valence-corrected chi connectivity index (χ2v) is 7.71. The number of likely N-dealkylation sites (tertiary alicyclic amines) is 1. The van der Waals surface area contributed by atoms with Crippen LogP contribution >= 0.6 is 0 Å². The molecule has 2 N–H and O–H groups in total. The molecule has 0 bridgehead atoms. The number of halogens is 1. The summed E-state index contributed by atoms with van der Waals surface area (Å²) in [6.45, 7) is 6.04. The van der Waals surface area contributed by atoms with Gasteiger partial charge in [-0.25, -0.2) is 9.18 Å². The molecular formula is C23H28FN3O2. The van der Waals surface area contributed by atoms with Gasteiger partial charge in [-0.2, -0.15) is 0 Å². The smallest absolute Gasteiger partial charge is 0.319 e. The lowest BCUT2D eigenvalue weighted by Crippen LogP contribution is -2.39. The quantitative estimate of drug-likeness (QED) is 0.780. The maximum atomic E-state index is 13.0. The highest BCUT2D eigenvalue weighted by atomic mass is 19.1. The van der Waals surface area contributed by atoms with E-state index in [0.29, 0.717) is 31.1 Å². The van der Waals surface area contributed by atoms with Crippen LogP contribution in [0.1, 0.15) is 40.7 Å². The molecule has 2 aromatic carbocycles.